The van der Waals surface area contributed by atoms with Gasteiger partial charge in [0.05, 0.1) is 0 Å². The highest BCUT2D eigenvalue weighted by atomic mass is 16.2. The maximum atomic E-state index is 12.6. The molecule has 0 aromatic heterocycles. The van der Waals surface area contributed by atoms with Gasteiger partial charge in [-0.25, -0.2) is 0 Å². The van der Waals surface area contributed by atoms with Crippen molar-refractivity contribution in [2.75, 3.05) is 26.2 Å². The molecule has 22 heavy (non-hydrogen) atoms. The lowest BCUT2D eigenvalue weighted by Gasteiger charge is -2.34. The van der Waals surface area contributed by atoms with Crippen LogP contribution in [0.3, 0.4) is 0 Å². The second-order valence-electron chi connectivity index (χ2n) is 6.62. The van der Waals surface area contributed by atoms with Crippen LogP contribution in [0.5, 0.6) is 0 Å². The van der Waals surface area contributed by atoms with Crippen molar-refractivity contribution in [3.05, 3.63) is 34.9 Å². The van der Waals surface area contributed by atoms with Crippen molar-refractivity contribution < 1.29 is 9.59 Å². The molecule has 1 aliphatic carbocycles. The first kappa shape index (κ1) is 15.1. The third-order valence-corrected chi connectivity index (χ3v) is 5.10. The fraction of sp³-hybridized carbons (Fsp3) is 0.556. The average molecular weight is 300 g/mol. The SMILES string of the molecule is CC(=O)N1CCN(C(=O)[C@@H]2C[C@@H]2c2ccc(C)c(C)c2)CC1. The summed E-state index contributed by atoms with van der Waals surface area (Å²) < 4.78 is 0. The van der Waals surface area contributed by atoms with E-state index < -0.39 is 0 Å². The summed E-state index contributed by atoms with van der Waals surface area (Å²) in [7, 11) is 0. The Labute approximate surface area is 132 Å². The molecule has 0 radical (unpaired) electrons. The minimum atomic E-state index is 0.103. The van der Waals surface area contributed by atoms with Crippen LogP contribution in [0.1, 0.15) is 36.0 Å². The van der Waals surface area contributed by atoms with Gasteiger partial charge in [-0.05, 0) is 42.9 Å². The minimum absolute atomic E-state index is 0.103. The van der Waals surface area contributed by atoms with Crippen molar-refractivity contribution in [1.82, 2.24) is 9.80 Å². The van der Waals surface area contributed by atoms with E-state index in [0.29, 0.717) is 32.1 Å². The highest BCUT2D eigenvalue weighted by Crippen LogP contribution is 2.48. The van der Waals surface area contributed by atoms with Crippen LogP contribution in [0.25, 0.3) is 0 Å². The third kappa shape index (κ3) is 2.87. The molecule has 4 nitrogen and oxygen atoms in total. The standard InChI is InChI=1S/C18H24N2O2/c1-12-4-5-15(10-13(12)2)16-11-17(16)18(22)20-8-6-19(7-9-20)14(3)21/h4-5,10,16-17H,6-9,11H2,1-3H3/t16-,17-/m1/s1. The zero-order valence-corrected chi connectivity index (χ0v) is 13.6. The van der Waals surface area contributed by atoms with Crippen LogP contribution in [0.4, 0.5) is 0 Å². The lowest BCUT2D eigenvalue weighted by Crippen LogP contribution is -2.50. The quantitative estimate of drug-likeness (QED) is 0.839. The van der Waals surface area contributed by atoms with Gasteiger partial charge < -0.3 is 9.80 Å². The zero-order chi connectivity index (χ0) is 15.9. The van der Waals surface area contributed by atoms with Gasteiger partial charge in [0.15, 0.2) is 0 Å². The molecule has 0 unspecified atom stereocenters. The second kappa shape index (κ2) is 5.75. The number of benzene rings is 1. The van der Waals surface area contributed by atoms with Crippen LogP contribution < -0.4 is 0 Å². The summed E-state index contributed by atoms with van der Waals surface area (Å²) in [4.78, 5) is 27.7. The Bertz CT molecular complexity index is 603. The highest BCUT2D eigenvalue weighted by molar-refractivity contribution is 5.83. The Morgan fingerprint density at radius 3 is 2.23 bits per heavy atom. The number of carbonyl (C=O) groups excluding carboxylic acids is 2. The maximum Gasteiger partial charge on any atom is 0.226 e. The molecule has 2 aliphatic rings. The number of aryl methyl sites for hydroxylation is 2. The number of rotatable bonds is 2. The lowest BCUT2D eigenvalue weighted by atomic mass is 10.0. The number of hydrogen-bond acceptors (Lipinski definition) is 2. The number of amides is 2. The maximum absolute atomic E-state index is 12.6. The molecule has 1 saturated carbocycles. The summed E-state index contributed by atoms with van der Waals surface area (Å²) >= 11 is 0. The molecular weight excluding hydrogens is 276 g/mol. The summed E-state index contributed by atoms with van der Waals surface area (Å²) in [6, 6.07) is 6.53. The summed E-state index contributed by atoms with van der Waals surface area (Å²) in [5.41, 5.74) is 3.89. The van der Waals surface area contributed by atoms with Crippen LogP contribution >= 0.6 is 0 Å². The van der Waals surface area contributed by atoms with E-state index in [4.69, 9.17) is 0 Å². The van der Waals surface area contributed by atoms with E-state index in [2.05, 4.69) is 32.0 Å². The molecule has 1 saturated heterocycles. The van der Waals surface area contributed by atoms with E-state index in [-0.39, 0.29) is 17.7 Å². The summed E-state index contributed by atoms with van der Waals surface area (Å²) in [6.45, 7) is 8.52. The smallest absolute Gasteiger partial charge is 0.226 e. The van der Waals surface area contributed by atoms with Crippen LogP contribution in [0, 0.1) is 19.8 Å². The van der Waals surface area contributed by atoms with E-state index in [0.717, 1.165) is 6.42 Å². The Morgan fingerprint density at radius 2 is 1.64 bits per heavy atom. The van der Waals surface area contributed by atoms with Crippen LogP contribution in [-0.2, 0) is 9.59 Å². The number of hydrogen-bond donors (Lipinski definition) is 0. The first-order valence-corrected chi connectivity index (χ1v) is 8.09. The molecule has 0 bridgehead atoms. The minimum Gasteiger partial charge on any atom is -0.339 e. The summed E-state index contributed by atoms with van der Waals surface area (Å²) in [6.07, 6.45) is 0.967. The van der Waals surface area contributed by atoms with E-state index >= 15 is 0 Å². The van der Waals surface area contributed by atoms with Crippen LogP contribution in [0.15, 0.2) is 18.2 Å². The fourth-order valence-electron chi connectivity index (χ4n) is 3.31. The van der Waals surface area contributed by atoms with Crippen molar-refractivity contribution in [2.45, 2.75) is 33.1 Å². The lowest BCUT2D eigenvalue weighted by molar-refractivity contribution is -0.139. The van der Waals surface area contributed by atoms with Crippen molar-refractivity contribution >= 4 is 11.8 Å². The van der Waals surface area contributed by atoms with Crippen molar-refractivity contribution in [1.29, 1.82) is 0 Å². The van der Waals surface area contributed by atoms with Crippen LogP contribution in [0.2, 0.25) is 0 Å². The van der Waals surface area contributed by atoms with Gasteiger partial charge in [0.25, 0.3) is 0 Å². The molecule has 1 aromatic rings. The normalized spacial score (nSPS) is 24.3. The van der Waals surface area contributed by atoms with Gasteiger partial charge >= 0.3 is 0 Å². The van der Waals surface area contributed by atoms with E-state index in [9.17, 15) is 9.59 Å². The molecule has 2 fully saturated rings. The van der Waals surface area contributed by atoms with Gasteiger partial charge in [-0.2, -0.15) is 0 Å². The van der Waals surface area contributed by atoms with E-state index in [1.165, 1.54) is 16.7 Å². The van der Waals surface area contributed by atoms with Gasteiger partial charge in [0, 0.05) is 39.0 Å². The largest absolute Gasteiger partial charge is 0.339 e. The van der Waals surface area contributed by atoms with Gasteiger partial charge in [0.1, 0.15) is 0 Å². The Hall–Kier alpha value is -1.84. The first-order valence-electron chi connectivity index (χ1n) is 8.09. The van der Waals surface area contributed by atoms with Crippen molar-refractivity contribution in [3.8, 4) is 0 Å². The number of carbonyl (C=O) groups is 2. The van der Waals surface area contributed by atoms with Gasteiger partial charge in [-0.3, -0.25) is 9.59 Å². The number of nitrogens with zero attached hydrogens (tertiary/aromatic N) is 2. The molecule has 1 aromatic carbocycles. The van der Waals surface area contributed by atoms with Gasteiger partial charge in [-0.15, -0.1) is 0 Å². The second-order valence-corrected chi connectivity index (χ2v) is 6.62. The Morgan fingerprint density at radius 1 is 1.00 bits per heavy atom. The monoisotopic (exact) mass is 300 g/mol. The Kier molecular flexibility index (Phi) is 3.94. The molecule has 0 spiro atoms. The van der Waals surface area contributed by atoms with Gasteiger partial charge in [0.2, 0.25) is 11.8 Å². The molecule has 3 rings (SSSR count). The third-order valence-electron chi connectivity index (χ3n) is 5.10. The molecule has 2 amide bonds. The molecule has 4 heteroatoms. The molecule has 1 aliphatic heterocycles. The van der Waals surface area contributed by atoms with Gasteiger partial charge in [-0.1, -0.05) is 18.2 Å². The predicted molar refractivity (Wildman–Crippen MR) is 85.6 cm³/mol. The highest BCUT2D eigenvalue weighted by Gasteiger charge is 2.46. The average Bonchev–Trinajstić information content (AvgIpc) is 3.30. The molecular formula is C18H24N2O2. The molecule has 1 heterocycles. The predicted octanol–water partition coefficient (Wildman–Crippen LogP) is 2.10. The number of piperazine rings is 1. The first-order chi connectivity index (χ1) is 10.5. The molecule has 2 atom stereocenters. The summed E-state index contributed by atoms with van der Waals surface area (Å²) in [5.74, 6) is 0.904. The Balaban J connectivity index is 1.59. The molecule has 118 valence electrons. The van der Waals surface area contributed by atoms with E-state index in [1.54, 1.807) is 6.92 Å². The zero-order valence-electron chi connectivity index (χ0n) is 13.6. The van der Waals surface area contributed by atoms with Crippen molar-refractivity contribution in [3.63, 3.8) is 0 Å². The molecule has 0 N–H and O–H groups in total. The summed E-state index contributed by atoms with van der Waals surface area (Å²) in [5, 5.41) is 0. The van der Waals surface area contributed by atoms with E-state index in [1.807, 2.05) is 9.80 Å². The topological polar surface area (TPSA) is 40.6 Å². The fourth-order valence-corrected chi connectivity index (χ4v) is 3.31. The van der Waals surface area contributed by atoms with Crippen molar-refractivity contribution in [2.24, 2.45) is 5.92 Å². The van der Waals surface area contributed by atoms with Crippen LogP contribution in [-0.4, -0.2) is 47.8 Å².